The number of hydrogen-bond acceptors (Lipinski definition) is 1. The second-order valence-electron chi connectivity index (χ2n) is 11.9. The van der Waals surface area contributed by atoms with Gasteiger partial charge in [0.25, 0.3) is 0 Å². The van der Waals surface area contributed by atoms with Crippen molar-refractivity contribution in [2.24, 2.45) is 5.92 Å². The molecule has 0 radical (unpaired) electrons. The second kappa shape index (κ2) is 14.3. The molecule has 0 aromatic heterocycles. The Bertz CT molecular complexity index is 1730. The average Bonchev–Trinajstić information content (AvgIpc) is 3.01. The summed E-state index contributed by atoms with van der Waals surface area (Å²) in [6.07, 6.45) is 4.37. The Labute approximate surface area is 268 Å². The normalized spacial score (nSPS) is 17.0. The highest BCUT2D eigenvalue weighted by atomic mass is 19.3. The number of benzene rings is 4. The molecular formula is C38H34F8O. The first kappa shape index (κ1) is 34.2. The van der Waals surface area contributed by atoms with Crippen LogP contribution in [0.25, 0.3) is 22.3 Å². The van der Waals surface area contributed by atoms with Crippen LogP contribution < -0.4 is 4.74 Å². The summed E-state index contributed by atoms with van der Waals surface area (Å²) >= 11 is 0. The predicted molar refractivity (Wildman–Crippen MR) is 166 cm³/mol. The zero-order valence-electron chi connectivity index (χ0n) is 26.0. The Hall–Kier alpha value is -4.14. The SMILES string of the molecule is CCC=CC1CCC(c2cc(F)c(C(F)(F)Oc3ccc(-c4ccc(-c5cc(F)c(CCC)c(F)c5)c(F)c4)c(F)c3)c(F)c2)CC1. The van der Waals surface area contributed by atoms with Gasteiger partial charge in [0, 0.05) is 22.8 Å². The molecule has 0 bridgehead atoms. The maximum atomic E-state index is 15.1. The Balaban J connectivity index is 1.32. The molecule has 0 unspecified atom stereocenters. The van der Waals surface area contributed by atoms with E-state index in [1.54, 1.807) is 6.92 Å². The first-order valence-electron chi connectivity index (χ1n) is 15.7. The highest BCUT2D eigenvalue weighted by Gasteiger charge is 2.41. The Morgan fingerprint density at radius 2 is 1.26 bits per heavy atom. The van der Waals surface area contributed by atoms with Gasteiger partial charge in [-0.25, -0.2) is 26.3 Å². The third kappa shape index (κ3) is 7.55. The fraction of sp³-hybridized carbons (Fsp3) is 0.316. The van der Waals surface area contributed by atoms with Gasteiger partial charge in [-0.05, 0) is 110 Å². The van der Waals surface area contributed by atoms with Crippen molar-refractivity contribution in [3.05, 3.63) is 124 Å². The summed E-state index contributed by atoms with van der Waals surface area (Å²) in [5.74, 6) is -7.02. The van der Waals surface area contributed by atoms with Gasteiger partial charge >= 0.3 is 6.11 Å². The molecule has 4 aromatic rings. The summed E-state index contributed by atoms with van der Waals surface area (Å²) in [6, 6.07) is 9.95. The lowest BCUT2D eigenvalue weighted by Crippen LogP contribution is -2.25. The lowest BCUT2D eigenvalue weighted by molar-refractivity contribution is -0.189. The van der Waals surface area contributed by atoms with Gasteiger partial charge in [-0.1, -0.05) is 44.6 Å². The monoisotopic (exact) mass is 658 g/mol. The molecule has 4 aromatic carbocycles. The van der Waals surface area contributed by atoms with Crippen molar-refractivity contribution in [1.29, 1.82) is 0 Å². The van der Waals surface area contributed by atoms with E-state index in [2.05, 4.69) is 16.9 Å². The number of halogens is 8. The molecule has 0 aliphatic heterocycles. The zero-order valence-corrected chi connectivity index (χ0v) is 26.0. The molecule has 1 aliphatic rings. The minimum atomic E-state index is -4.48. The molecule has 1 saturated carbocycles. The summed E-state index contributed by atoms with van der Waals surface area (Å²) in [4.78, 5) is 0. The highest BCUT2D eigenvalue weighted by Crippen LogP contribution is 2.41. The minimum Gasteiger partial charge on any atom is -0.429 e. The summed E-state index contributed by atoms with van der Waals surface area (Å²) in [7, 11) is 0. The van der Waals surface area contributed by atoms with E-state index >= 15 is 26.3 Å². The maximum absolute atomic E-state index is 15.1. The van der Waals surface area contributed by atoms with Crippen LogP contribution in [0.3, 0.4) is 0 Å². The zero-order chi connectivity index (χ0) is 33.9. The Kier molecular flexibility index (Phi) is 10.4. The van der Waals surface area contributed by atoms with Crippen molar-refractivity contribution in [2.75, 3.05) is 0 Å². The van der Waals surface area contributed by atoms with E-state index < -0.39 is 52.3 Å². The summed E-state index contributed by atoms with van der Waals surface area (Å²) < 4.78 is 124. The van der Waals surface area contributed by atoms with Crippen molar-refractivity contribution in [1.82, 2.24) is 0 Å². The molecule has 1 aliphatic carbocycles. The van der Waals surface area contributed by atoms with Crippen molar-refractivity contribution in [3.63, 3.8) is 0 Å². The van der Waals surface area contributed by atoms with Gasteiger partial charge < -0.3 is 4.74 Å². The van der Waals surface area contributed by atoms with Crippen molar-refractivity contribution >= 4 is 0 Å². The van der Waals surface area contributed by atoms with Crippen LogP contribution in [0.15, 0.2) is 72.8 Å². The van der Waals surface area contributed by atoms with Crippen LogP contribution in [0.2, 0.25) is 0 Å². The number of allylic oxidation sites excluding steroid dienone is 2. The molecule has 9 heteroatoms. The van der Waals surface area contributed by atoms with E-state index in [1.807, 2.05) is 6.92 Å². The van der Waals surface area contributed by atoms with Gasteiger partial charge in [0.05, 0.1) is 0 Å². The van der Waals surface area contributed by atoms with E-state index in [4.69, 9.17) is 0 Å². The van der Waals surface area contributed by atoms with Crippen LogP contribution in [-0.4, -0.2) is 0 Å². The predicted octanol–water partition coefficient (Wildman–Crippen LogP) is 12.2. The van der Waals surface area contributed by atoms with Gasteiger partial charge in [0.2, 0.25) is 0 Å². The molecule has 248 valence electrons. The highest BCUT2D eigenvalue weighted by molar-refractivity contribution is 5.72. The van der Waals surface area contributed by atoms with Crippen LogP contribution in [0.1, 0.15) is 75.0 Å². The topological polar surface area (TPSA) is 9.23 Å². The van der Waals surface area contributed by atoms with E-state index in [0.29, 0.717) is 36.8 Å². The molecule has 0 N–H and O–H groups in total. The maximum Gasteiger partial charge on any atom is 0.432 e. The standard InChI is InChI=1S/C38H34F8O/c1-3-5-7-22-8-10-23(11-9-22)25-17-35(43)37(36(44)18-25)38(45,46)47-27-13-15-28(34(42)21-27)24-12-14-29(31(39)16-24)26-19-32(40)30(6-4-2)33(41)20-26/h5,7,12-23H,3-4,6,8-11H2,1-2H3. The van der Waals surface area contributed by atoms with Gasteiger partial charge in [0.15, 0.2) is 0 Å². The van der Waals surface area contributed by atoms with Crippen LogP contribution in [0.4, 0.5) is 35.1 Å². The molecule has 5 rings (SSSR count). The molecular weight excluding hydrogens is 624 g/mol. The van der Waals surface area contributed by atoms with Gasteiger partial charge in [-0.15, -0.1) is 0 Å². The van der Waals surface area contributed by atoms with Crippen LogP contribution in [-0.2, 0) is 12.5 Å². The van der Waals surface area contributed by atoms with Gasteiger partial charge in [-0.3, -0.25) is 0 Å². The third-order valence-corrected chi connectivity index (χ3v) is 8.66. The number of alkyl halides is 2. The van der Waals surface area contributed by atoms with E-state index in [1.165, 1.54) is 12.1 Å². The molecule has 1 fully saturated rings. The summed E-state index contributed by atoms with van der Waals surface area (Å²) in [5, 5.41) is 0. The van der Waals surface area contributed by atoms with Crippen molar-refractivity contribution in [3.8, 4) is 28.0 Å². The largest absolute Gasteiger partial charge is 0.432 e. The fourth-order valence-electron chi connectivity index (χ4n) is 6.24. The van der Waals surface area contributed by atoms with Crippen molar-refractivity contribution in [2.45, 2.75) is 70.8 Å². The molecule has 1 nitrogen and oxygen atoms in total. The Morgan fingerprint density at radius 1 is 0.681 bits per heavy atom. The first-order chi connectivity index (χ1) is 22.4. The first-order valence-corrected chi connectivity index (χ1v) is 15.7. The van der Waals surface area contributed by atoms with Gasteiger partial charge in [0.1, 0.15) is 46.2 Å². The number of rotatable bonds is 10. The smallest absolute Gasteiger partial charge is 0.429 e. The van der Waals surface area contributed by atoms with Crippen LogP contribution in [0, 0.1) is 40.8 Å². The quantitative estimate of drug-likeness (QED) is 0.122. The van der Waals surface area contributed by atoms with Crippen molar-refractivity contribution < 1.29 is 39.9 Å². The van der Waals surface area contributed by atoms with E-state index in [-0.39, 0.29) is 40.2 Å². The summed E-state index contributed by atoms with van der Waals surface area (Å²) in [6.45, 7) is 3.80. The lowest BCUT2D eigenvalue weighted by Gasteiger charge is -2.28. The van der Waals surface area contributed by atoms with Crippen LogP contribution in [0.5, 0.6) is 5.75 Å². The fourth-order valence-corrected chi connectivity index (χ4v) is 6.24. The minimum absolute atomic E-state index is 0.00806. The lowest BCUT2D eigenvalue weighted by atomic mass is 9.78. The molecule has 0 saturated heterocycles. The van der Waals surface area contributed by atoms with E-state index in [0.717, 1.165) is 61.7 Å². The third-order valence-electron chi connectivity index (χ3n) is 8.66. The average molecular weight is 659 g/mol. The molecule has 0 spiro atoms. The van der Waals surface area contributed by atoms with Gasteiger partial charge in [-0.2, -0.15) is 8.78 Å². The number of ether oxygens (including phenoxy) is 1. The number of hydrogen-bond donors (Lipinski definition) is 0. The molecule has 0 atom stereocenters. The van der Waals surface area contributed by atoms with Crippen LogP contribution >= 0.6 is 0 Å². The molecule has 0 heterocycles. The Morgan fingerprint density at radius 3 is 1.83 bits per heavy atom. The summed E-state index contributed by atoms with van der Waals surface area (Å²) in [5.41, 5.74) is -1.74. The molecule has 47 heavy (non-hydrogen) atoms. The second-order valence-corrected chi connectivity index (χ2v) is 11.9. The molecule has 0 amide bonds. The van der Waals surface area contributed by atoms with E-state index in [9.17, 15) is 8.78 Å².